The van der Waals surface area contributed by atoms with Gasteiger partial charge in [0.15, 0.2) is 0 Å². The molecule has 27 heavy (non-hydrogen) atoms. The Morgan fingerprint density at radius 1 is 0.667 bits per heavy atom. The van der Waals surface area contributed by atoms with E-state index in [2.05, 4.69) is 10.6 Å². The Kier molecular flexibility index (Phi) is 16.0. The van der Waals surface area contributed by atoms with Gasteiger partial charge in [-0.05, 0) is 25.7 Å². The second-order valence-electron chi connectivity index (χ2n) is 6.71. The van der Waals surface area contributed by atoms with Crippen LogP contribution in [-0.2, 0) is 35.7 Å². The first-order chi connectivity index (χ1) is 11.7. The van der Waals surface area contributed by atoms with Crippen LogP contribution < -0.4 is 22.1 Å². The smallest absolute Gasteiger partial charge is 0.326 e. The third-order valence-electron chi connectivity index (χ3n) is 3.29. The van der Waals surface area contributed by atoms with Crippen LogP contribution in [0, 0.1) is 11.8 Å². The molecule has 0 radical (unpaired) electrons. The fourth-order valence-corrected chi connectivity index (χ4v) is 1.60. The molecular weight excluding hydrogens is 403 g/mol. The van der Waals surface area contributed by atoms with Gasteiger partial charge in [0.05, 0.1) is 12.1 Å². The van der Waals surface area contributed by atoms with Gasteiger partial charge in [-0.3, -0.25) is 9.59 Å². The summed E-state index contributed by atoms with van der Waals surface area (Å²) < 4.78 is 0. The van der Waals surface area contributed by atoms with Crippen molar-refractivity contribution >= 4 is 23.8 Å². The Balaban J connectivity index is -0.000000411. The Morgan fingerprint density at radius 2 is 0.889 bits per heavy atom. The zero-order valence-electron chi connectivity index (χ0n) is 16.5. The van der Waals surface area contributed by atoms with Gasteiger partial charge >= 0.3 is 11.9 Å². The summed E-state index contributed by atoms with van der Waals surface area (Å²) in [5, 5.41) is 22.1. The number of aliphatic carboxylic acids is 2. The standard InChI is InChI=1S/2C8H16N2O3.Ni/c2*1-4(2)6(8(12)13)10-7(11)5(3)9;/h2*4-6H,9H2,1-3H3,(H,10,11)(H,12,13);/t2*5-,6-;/m00./s1. The topological polar surface area (TPSA) is 185 Å². The molecule has 0 fully saturated rings. The maximum absolute atomic E-state index is 11.1. The van der Waals surface area contributed by atoms with Crippen molar-refractivity contribution in [1.82, 2.24) is 10.6 Å². The molecule has 4 atom stereocenters. The molecule has 0 aliphatic heterocycles. The van der Waals surface area contributed by atoms with Gasteiger partial charge < -0.3 is 32.3 Å². The zero-order valence-corrected chi connectivity index (χ0v) is 17.5. The van der Waals surface area contributed by atoms with Crippen molar-refractivity contribution in [2.24, 2.45) is 23.3 Å². The largest absolute Gasteiger partial charge is 0.480 e. The maximum atomic E-state index is 11.1. The summed E-state index contributed by atoms with van der Waals surface area (Å²) in [4.78, 5) is 43.4. The fourth-order valence-electron chi connectivity index (χ4n) is 1.60. The third kappa shape index (κ3) is 13.2. The molecule has 11 heteroatoms. The monoisotopic (exact) mass is 434 g/mol. The van der Waals surface area contributed by atoms with Gasteiger partial charge in [0.1, 0.15) is 12.1 Å². The summed E-state index contributed by atoms with van der Waals surface area (Å²) in [5.41, 5.74) is 10.6. The average molecular weight is 435 g/mol. The molecule has 0 heterocycles. The number of carbonyl (C=O) groups excluding carboxylic acids is 2. The molecule has 0 spiro atoms. The minimum absolute atomic E-state index is 0. The molecule has 0 rings (SSSR count). The van der Waals surface area contributed by atoms with Crippen molar-refractivity contribution in [3.05, 3.63) is 0 Å². The predicted molar refractivity (Wildman–Crippen MR) is 96.1 cm³/mol. The fraction of sp³-hybridized carbons (Fsp3) is 0.750. The van der Waals surface area contributed by atoms with Gasteiger partial charge in [0.2, 0.25) is 11.8 Å². The van der Waals surface area contributed by atoms with Crippen molar-refractivity contribution in [2.45, 2.75) is 65.7 Å². The SMILES string of the molecule is CC(C)[C@H](NC(=O)[C@H](C)N)C(=O)O.CC(C)[C@H](NC(=O)[C@H](C)N)C(=O)O.[Ni]. The maximum Gasteiger partial charge on any atom is 0.326 e. The van der Waals surface area contributed by atoms with Crippen LogP contribution in [-0.4, -0.2) is 58.1 Å². The Labute approximate surface area is 169 Å². The number of carboxylic acid groups (broad SMARTS) is 2. The van der Waals surface area contributed by atoms with Crippen LogP contribution in [0.5, 0.6) is 0 Å². The van der Waals surface area contributed by atoms with E-state index in [0.717, 1.165) is 0 Å². The Bertz CT molecular complexity index is 453. The summed E-state index contributed by atoms with van der Waals surface area (Å²) in [6, 6.07) is -3.09. The average Bonchev–Trinajstić information content (AvgIpc) is 2.48. The number of hydrogen-bond donors (Lipinski definition) is 6. The Hall–Kier alpha value is -1.71. The molecule has 0 unspecified atom stereocenters. The summed E-state index contributed by atoms with van der Waals surface area (Å²) in [6.07, 6.45) is 0. The summed E-state index contributed by atoms with van der Waals surface area (Å²) >= 11 is 0. The van der Waals surface area contributed by atoms with Crippen LogP contribution in [0.1, 0.15) is 41.5 Å². The number of carboxylic acids is 2. The molecule has 0 aliphatic carbocycles. The van der Waals surface area contributed by atoms with E-state index < -0.39 is 47.9 Å². The number of rotatable bonds is 8. The summed E-state index contributed by atoms with van der Waals surface area (Å²) in [7, 11) is 0. The molecule has 0 saturated heterocycles. The van der Waals surface area contributed by atoms with Crippen molar-refractivity contribution in [3.63, 3.8) is 0 Å². The van der Waals surface area contributed by atoms with E-state index in [0.29, 0.717) is 0 Å². The van der Waals surface area contributed by atoms with Crippen LogP contribution in [0.3, 0.4) is 0 Å². The summed E-state index contributed by atoms with van der Waals surface area (Å²) in [6.45, 7) is 9.91. The van der Waals surface area contributed by atoms with Gasteiger partial charge in [-0.25, -0.2) is 9.59 Å². The molecule has 0 aromatic carbocycles. The van der Waals surface area contributed by atoms with Crippen molar-refractivity contribution in [2.75, 3.05) is 0 Å². The van der Waals surface area contributed by atoms with Gasteiger partial charge in [-0.1, -0.05) is 27.7 Å². The molecule has 0 saturated carbocycles. The normalized spacial score (nSPS) is 14.6. The Morgan fingerprint density at radius 3 is 1.00 bits per heavy atom. The molecule has 10 nitrogen and oxygen atoms in total. The zero-order chi connectivity index (χ0) is 21.2. The third-order valence-corrected chi connectivity index (χ3v) is 3.29. The molecule has 162 valence electrons. The van der Waals surface area contributed by atoms with E-state index in [1.807, 2.05) is 0 Å². The van der Waals surface area contributed by atoms with Crippen LogP contribution in [0.25, 0.3) is 0 Å². The molecule has 0 aliphatic rings. The van der Waals surface area contributed by atoms with Crippen molar-refractivity contribution in [3.8, 4) is 0 Å². The first-order valence-electron chi connectivity index (χ1n) is 8.29. The van der Waals surface area contributed by atoms with E-state index in [-0.39, 0.29) is 28.3 Å². The molecule has 0 aromatic rings. The molecule has 8 N–H and O–H groups in total. The van der Waals surface area contributed by atoms with E-state index in [1.54, 1.807) is 27.7 Å². The second-order valence-corrected chi connectivity index (χ2v) is 6.71. The number of nitrogens with two attached hydrogens (primary N) is 2. The van der Waals surface area contributed by atoms with E-state index in [1.165, 1.54) is 13.8 Å². The van der Waals surface area contributed by atoms with Crippen LogP contribution in [0.2, 0.25) is 0 Å². The first-order valence-corrected chi connectivity index (χ1v) is 8.29. The van der Waals surface area contributed by atoms with Crippen LogP contribution >= 0.6 is 0 Å². The molecule has 2 amide bonds. The van der Waals surface area contributed by atoms with Gasteiger partial charge in [0.25, 0.3) is 0 Å². The second kappa shape index (κ2) is 14.4. The number of nitrogens with one attached hydrogen (secondary N) is 2. The number of amides is 2. The van der Waals surface area contributed by atoms with Crippen molar-refractivity contribution < 1.29 is 45.9 Å². The van der Waals surface area contributed by atoms with E-state index in [9.17, 15) is 19.2 Å². The quantitative estimate of drug-likeness (QED) is 0.265. The van der Waals surface area contributed by atoms with Crippen LogP contribution in [0.4, 0.5) is 0 Å². The van der Waals surface area contributed by atoms with Crippen LogP contribution in [0.15, 0.2) is 0 Å². The molecular formula is C16H32N4NiO6. The minimum Gasteiger partial charge on any atom is -0.480 e. The minimum atomic E-state index is -1.04. The number of hydrogen-bond acceptors (Lipinski definition) is 6. The predicted octanol–water partition coefficient (Wildman–Crippen LogP) is -0.884. The molecule has 0 bridgehead atoms. The molecule has 0 aromatic heterocycles. The van der Waals surface area contributed by atoms with E-state index >= 15 is 0 Å². The first kappa shape index (κ1) is 30.0. The number of carbonyl (C=O) groups is 4. The van der Waals surface area contributed by atoms with E-state index in [4.69, 9.17) is 21.7 Å². The van der Waals surface area contributed by atoms with Crippen molar-refractivity contribution in [1.29, 1.82) is 0 Å². The van der Waals surface area contributed by atoms with Gasteiger partial charge in [0, 0.05) is 16.5 Å². The van der Waals surface area contributed by atoms with Gasteiger partial charge in [-0.2, -0.15) is 0 Å². The summed E-state index contributed by atoms with van der Waals surface area (Å²) in [5.74, 6) is -3.27. The van der Waals surface area contributed by atoms with Gasteiger partial charge in [-0.15, -0.1) is 0 Å².